The number of benzene rings is 2. The van der Waals surface area contributed by atoms with Crippen molar-refractivity contribution in [1.82, 2.24) is 0 Å². The molecule has 2 atom stereocenters. The first-order valence-electron chi connectivity index (χ1n) is 10.00. The maximum Gasteiger partial charge on any atom is 0.269 e. The van der Waals surface area contributed by atoms with Gasteiger partial charge in [-0.05, 0) is 17.4 Å². The van der Waals surface area contributed by atoms with Gasteiger partial charge in [0.2, 0.25) is 0 Å². The van der Waals surface area contributed by atoms with Crippen LogP contribution in [0.4, 0.5) is 5.69 Å². The molecular formula is C24H20N2O4. The summed E-state index contributed by atoms with van der Waals surface area (Å²) < 4.78 is 0. The normalized spacial score (nSPS) is 24.1. The van der Waals surface area contributed by atoms with E-state index in [1.165, 1.54) is 12.1 Å². The van der Waals surface area contributed by atoms with Gasteiger partial charge in [0.05, 0.1) is 16.5 Å². The molecule has 3 aliphatic rings. The van der Waals surface area contributed by atoms with Gasteiger partial charge in [-0.3, -0.25) is 24.7 Å². The van der Waals surface area contributed by atoms with Crippen LogP contribution in [0.5, 0.6) is 0 Å². The van der Waals surface area contributed by atoms with E-state index in [4.69, 9.17) is 4.99 Å². The highest BCUT2D eigenvalue weighted by atomic mass is 16.6. The summed E-state index contributed by atoms with van der Waals surface area (Å²) in [6.07, 6.45) is 1.10. The number of nitro groups is 1. The minimum absolute atomic E-state index is 0.0187. The monoisotopic (exact) mass is 400 g/mol. The van der Waals surface area contributed by atoms with Crippen LogP contribution in [0.2, 0.25) is 0 Å². The van der Waals surface area contributed by atoms with E-state index in [1.807, 2.05) is 18.2 Å². The summed E-state index contributed by atoms with van der Waals surface area (Å²) in [5.74, 6) is -1.01. The average molecular weight is 400 g/mol. The van der Waals surface area contributed by atoms with E-state index in [-0.39, 0.29) is 22.7 Å². The predicted octanol–water partition coefficient (Wildman–Crippen LogP) is 4.75. The molecule has 0 amide bonds. The molecule has 0 radical (unpaired) electrons. The second-order valence-corrected chi connectivity index (χ2v) is 9.03. The second kappa shape index (κ2) is 6.29. The van der Waals surface area contributed by atoms with Gasteiger partial charge in [-0.15, -0.1) is 0 Å². The first-order valence-corrected chi connectivity index (χ1v) is 10.00. The van der Waals surface area contributed by atoms with Crippen LogP contribution in [0.3, 0.4) is 0 Å². The van der Waals surface area contributed by atoms with Crippen molar-refractivity contribution < 1.29 is 14.5 Å². The van der Waals surface area contributed by atoms with Crippen molar-refractivity contribution in [2.75, 3.05) is 0 Å². The number of fused-ring (bicyclic) bond motifs is 3. The molecule has 1 fully saturated rings. The standard InChI is InChI=1S/C24H20N2O4/c1-24(2)11-17-20(18(27)12-24)19(13-7-9-14(10-8-13)26(29)30)21-22(25-17)15-5-3-4-6-16(15)23(21)28/h3-10,19-20H,11-12H2,1-2H3/t19-,20?/m0/s1. The molecule has 5 rings (SSSR count). The van der Waals surface area contributed by atoms with Crippen LogP contribution in [-0.4, -0.2) is 22.2 Å². The van der Waals surface area contributed by atoms with Crippen LogP contribution in [0.15, 0.2) is 59.1 Å². The fraction of sp³-hybridized carbons (Fsp3) is 0.292. The number of carbonyl (C=O) groups is 2. The summed E-state index contributed by atoms with van der Waals surface area (Å²) >= 11 is 0. The Kier molecular flexibility index (Phi) is 3.90. The number of Topliss-reactive ketones (excluding diaryl/α,β-unsaturated/α-hetero) is 2. The Hall–Kier alpha value is -3.41. The molecule has 2 aromatic carbocycles. The summed E-state index contributed by atoms with van der Waals surface area (Å²) in [5.41, 5.74) is 3.92. The molecule has 1 unspecified atom stereocenters. The number of hydrogen-bond donors (Lipinski definition) is 0. The van der Waals surface area contributed by atoms with Crippen molar-refractivity contribution in [3.63, 3.8) is 0 Å². The summed E-state index contributed by atoms with van der Waals surface area (Å²) in [7, 11) is 0. The highest BCUT2D eigenvalue weighted by Gasteiger charge is 2.50. The predicted molar refractivity (Wildman–Crippen MR) is 112 cm³/mol. The van der Waals surface area contributed by atoms with Crippen LogP contribution < -0.4 is 0 Å². The molecule has 0 saturated heterocycles. The molecule has 2 aliphatic carbocycles. The SMILES string of the molecule is CC1(C)CC(=O)C2C(=NC3=C(C(=O)c4ccccc43)[C@H]2c2ccc([N+](=O)[O-])cc2)C1. The summed E-state index contributed by atoms with van der Waals surface area (Å²) in [4.78, 5) is 42.1. The van der Waals surface area contributed by atoms with E-state index >= 15 is 0 Å². The van der Waals surface area contributed by atoms with Crippen molar-refractivity contribution in [2.45, 2.75) is 32.6 Å². The van der Waals surface area contributed by atoms with Crippen LogP contribution in [0.25, 0.3) is 5.70 Å². The third-order valence-electron chi connectivity index (χ3n) is 6.31. The first kappa shape index (κ1) is 18.6. The molecule has 0 aromatic heterocycles. The molecular weight excluding hydrogens is 380 g/mol. The van der Waals surface area contributed by atoms with Gasteiger partial charge in [0, 0.05) is 46.9 Å². The third-order valence-corrected chi connectivity index (χ3v) is 6.31. The van der Waals surface area contributed by atoms with Crippen molar-refractivity contribution in [3.8, 4) is 0 Å². The van der Waals surface area contributed by atoms with Gasteiger partial charge in [0.25, 0.3) is 5.69 Å². The molecule has 0 spiro atoms. The van der Waals surface area contributed by atoms with E-state index < -0.39 is 16.8 Å². The molecule has 150 valence electrons. The number of allylic oxidation sites excluding steroid dienone is 1. The quantitative estimate of drug-likeness (QED) is 0.538. The number of carbonyl (C=O) groups excluding carboxylic acids is 2. The number of nitro benzene ring substituents is 1. The lowest BCUT2D eigenvalue weighted by atomic mass is 9.63. The second-order valence-electron chi connectivity index (χ2n) is 9.03. The Labute approximate surface area is 173 Å². The molecule has 30 heavy (non-hydrogen) atoms. The molecule has 1 heterocycles. The Bertz CT molecular complexity index is 1190. The highest BCUT2D eigenvalue weighted by molar-refractivity contribution is 6.25. The molecule has 2 aromatic rings. The highest BCUT2D eigenvalue weighted by Crippen LogP contribution is 2.52. The van der Waals surface area contributed by atoms with Crippen molar-refractivity contribution in [2.24, 2.45) is 16.3 Å². The topological polar surface area (TPSA) is 89.6 Å². The van der Waals surface area contributed by atoms with E-state index in [0.29, 0.717) is 29.7 Å². The lowest BCUT2D eigenvalue weighted by molar-refractivity contribution is -0.384. The van der Waals surface area contributed by atoms with Gasteiger partial charge in [-0.2, -0.15) is 0 Å². The van der Waals surface area contributed by atoms with Gasteiger partial charge >= 0.3 is 0 Å². The summed E-state index contributed by atoms with van der Waals surface area (Å²) in [6, 6.07) is 13.6. The third kappa shape index (κ3) is 2.67. The molecule has 0 bridgehead atoms. The minimum atomic E-state index is -0.503. The summed E-state index contributed by atoms with van der Waals surface area (Å²) in [5, 5.41) is 11.1. The fourth-order valence-electron chi connectivity index (χ4n) is 5.08. The number of nitrogens with zero attached hydrogens (tertiary/aromatic N) is 2. The maximum absolute atomic E-state index is 13.4. The number of ketones is 2. The molecule has 0 N–H and O–H groups in total. The number of non-ortho nitro benzene ring substituents is 1. The average Bonchev–Trinajstić information content (AvgIpc) is 2.98. The van der Waals surface area contributed by atoms with Crippen molar-refractivity contribution >= 4 is 28.7 Å². The zero-order valence-electron chi connectivity index (χ0n) is 16.7. The van der Waals surface area contributed by atoms with Crippen LogP contribution >= 0.6 is 0 Å². The Morgan fingerprint density at radius 1 is 0.967 bits per heavy atom. The van der Waals surface area contributed by atoms with E-state index in [1.54, 1.807) is 18.2 Å². The van der Waals surface area contributed by atoms with Crippen molar-refractivity contribution in [3.05, 3.63) is 80.9 Å². The fourth-order valence-corrected chi connectivity index (χ4v) is 5.08. The Balaban J connectivity index is 1.72. The molecule has 6 nitrogen and oxygen atoms in total. The molecule has 1 aliphatic heterocycles. The van der Waals surface area contributed by atoms with Gasteiger partial charge in [-0.1, -0.05) is 50.2 Å². The van der Waals surface area contributed by atoms with Crippen LogP contribution in [-0.2, 0) is 4.79 Å². The number of aliphatic imine (C=N–C) groups is 1. The molecule has 1 saturated carbocycles. The zero-order valence-corrected chi connectivity index (χ0v) is 16.7. The first-order chi connectivity index (χ1) is 14.3. The number of rotatable bonds is 2. The zero-order chi connectivity index (χ0) is 21.2. The van der Waals surface area contributed by atoms with E-state index in [0.717, 1.165) is 16.8 Å². The van der Waals surface area contributed by atoms with Crippen LogP contribution in [0.1, 0.15) is 54.1 Å². The number of hydrogen-bond acceptors (Lipinski definition) is 5. The largest absolute Gasteiger partial charge is 0.299 e. The van der Waals surface area contributed by atoms with Gasteiger partial charge < -0.3 is 0 Å². The Morgan fingerprint density at radius 2 is 1.63 bits per heavy atom. The molecule has 6 heteroatoms. The maximum atomic E-state index is 13.4. The summed E-state index contributed by atoms with van der Waals surface area (Å²) in [6.45, 7) is 4.12. The van der Waals surface area contributed by atoms with Gasteiger partial charge in [-0.25, -0.2) is 0 Å². The lowest BCUT2D eigenvalue weighted by Crippen LogP contribution is -2.43. The van der Waals surface area contributed by atoms with E-state index in [9.17, 15) is 19.7 Å². The Morgan fingerprint density at radius 3 is 2.30 bits per heavy atom. The van der Waals surface area contributed by atoms with E-state index in [2.05, 4.69) is 13.8 Å². The lowest BCUT2D eigenvalue weighted by Gasteiger charge is -2.40. The van der Waals surface area contributed by atoms with Crippen molar-refractivity contribution in [1.29, 1.82) is 0 Å². The van der Waals surface area contributed by atoms with Gasteiger partial charge in [0.1, 0.15) is 5.78 Å². The smallest absolute Gasteiger partial charge is 0.269 e. The minimum Gasteiger partial charge on any atom is -0.299 e. The van der Waals surface area contributed by atoms with Crippen LogP contribution in [0, 0.1) is 21.4 Å². The van der Waals surface area contributed by atoms with Gasteiger partial charge in [0.15, 0.2) is 5.78 Å².